The number of ether oxygens (including phenoxy) is 1. The van der Waals surface area contributed by atoms with Gasteiger partial charge in [-0.2, -0.15) is 0 Å². The highest BCUT2D eigenvalue weighted by Gasteiger charge is 2.31. The first-order valence-corrected chi connectivity index (χ1v) is 6.79. The molecule has 2 saturated heterocycles. The van der Waals surface area contributed by atoms with Crippen LogP contribution in [0.15, 0.2) is 0 Å². The Labute approximate surface area is 104 Å². The Morgan fingerprint density at radius 1 is 1.29 bits per heavy atom. The molecule has 17 heavy (non-hydrogen) atoms. The maximum Gasteiger partial charge on any atom is 0.323 e. The van der Waals surface area contributed by atoms with Crippen molar-refractivity contribution in [1.82, 2.24) is 10.2 Å². The van der Waals surface area contributed by atoms with E-state index in [1.54, 1.807) is 0 Å². The van der Waals surface area contributed by atoms with Crippen LogP contribution in [0.3, 0.4) is 0 Å². The Morgan fingerprint density at radius 3 is 2.65 bits per heavy atom. The average Bonchev–Trinajstić information content (AvgIpc) is 2.32. The number of hydrogen-bond donors (Lipinski definition) is 1. The lowest BCUT2D eigenvalue weighted by atomic mass is 9.93. The van der Waals surface area contributed by atoms with Gasteiger partial charge in [-0.3, -0.25) is 4.79 Å². The molecule has 0 amide bonds. The summed E-state index contributed by atoms with van der Waals surface area (Å²) >= 11 is 0. The van der Waals surface area contributed by atoms with Crippen LogP contribution in [0.25, 0.3) is 0 Å². The van der Waals surface area contributed by atoms with Crippen molar-refractivity contribution in [3.63, 3.8) is 0 Å². The zero-order valence-electron chi connectivity index (χ0n) is 10.9. The average molecular weight is 240 g/mol. The van der Waals surface area contributed by atoms with Crippen LogP contribution in [0.5, 0.6) is 0 Å². The highest BCUT2D eigenvalue weighted by Crippen LogP contribution is 2.19. The van der Waals surface area contributed by atoms with Crippen molar-refractivity contribution < 1.29 is 9.53 Å². The summed E-state index contributed by atoms with van der Waals surface area (Å²) in [5, 5.41) is 3.28. The monoisotopic (exact) mass is 240 g/mol. The molecule has 2 aliphatic rings. The van der Waals surface area contributed by atoms with Crippen LogP contribution < -0.4 is 5.32 Å². The topological polar surface area (TPSA) is 41.6 Å². The largest absolute Gasteiger partial charge is 0.461 e. The lowest BCUT2D eigenvalue weighted by Crippen LogP contribution is -2.48. The number of esters is 1. The standard InChI is InChI=1S/C13H24N2O2/c1-10-4-3-7-14-12(10)13(16)17-11-5-8-15(2)9-6-11/h10-12,14H,3-9H2,1-2H3. The SMILES string of the molecule is CC1CCCNC1C(=O)OC1CCN(C)CC1. The number of carbonyl (C=O) groups is 1. The van der Waals surface area contributed by atoms with Gasteiger partial charge < -0.3 is 15.0 Å². The highest BCUT2D eigenvalue weighted by atomic mass is 16.5. The second-order valence-corrected chi connectivity index (χ2v) is 5.49. The molecule has 4 nitrogen and oxygen atoms in total. The molecule has 2 atom stereocenters. The van der Waals surface area contributed by atoms with Crippen LogP contribution in [0.2, 0.25) is 0 Å². The minimum atomic E-state index is -0.0802. The first-order chi connectivity index (χ1) is 8.16. The van der Waals surface area contributed by atoms with Gasteiger partial charge in [0.25, 0.3) is 0 Å². The predicted octanol–water partition coefficient (Wildman–Crippen LogP) is 1.01. The Balaban J connectivity index is 1.79. The molecule has 0 bridgehead atoms. The Hall–Kier alpha value is -0.610. The van der Waals surface area contributed by atoms with Gasteiger partial charge in [-0.15, -0.1) is 0 Å². The summed E-state index contributed by atoms with van der Waals surface area (Å²) < 4.78 is 5.62. The predicted molar refractivity (Wildman–Crippen MR) is 66.8 cm³/mol. The molecule has 2 rings (SSSR count). The van der Waals surface area contributed by atoms with Crippen LogP contribution in [0, 0.1) is 5.92 Å². The van der Waals surface area contributed by atoms with E-state index in [0.29, 0.717) is 5.92 Å². The van der Waals surface area contributed by atoms with Gasteiger partial charge in [0, 0.05) is 13.1 Å². The molecule has 2 aliphatic heterocycles. The summed E-state index contributed by atoms with van der Waals surface area (Å²) in [4.78, 5) is 14.3. The fourth-order valence-electron chi connectivity index (χ4n) is 2.71. The highest BCUT2D eigenvalue weighted by molar-refractivity contribution is 5.76. The molecular weight excluding hydrogens is 216 g/mol. The number of nitrogens with zero attached hydrogens (tertiary/aromatic N) is 1. The van der Waals surface area contributed by atoms with Crippen LogP contribution in [0.4, 0.5) is 0 Å². The second-order valence-electron chi connectivity index (χ2n) is 5.49. The molecule has 0 aliphatic carbocycles. The normalized spacial score (nSPS) is 32.4. The van der Waals surface area contributed by atoms with Gasteiger partial charge in [0.2, 0.25) is 0 Å². The maximum absolute atomic E-state index is 12.1. The summed E-state index contributed by atoms with van der Waals surface area (Å²) in [5.41, 5.74) is 0. The first kappa shape index (κ1) is 12.8. The van der Waals surface area contributed by atoms with Gasteiger partial charge in [-0.25, -0.2) is 0 Å². The molecule has 2 unspecified atom stereocenters. The van der Waals surface area contributed by atoms with Gasteiger partial charge >= 0.3 is 5.97 Å². The number of carbonyl (C=O) groups excluding carboxylic acids is 1. The van der Waals surface area contributed by atoms with Crippen LogP contribution in [-0.2, 0) is 9.53 Å². The Bertz CT molecular complexity index is 262. The number of rotatable bonds is 2. The quantitative estimate of drug-likeness (QED) is 0.732. The van der Waals surface area contributed by atoms with Gasteiger partial charge in [-0.1, -0.05) is 6.92 Å². The van der Waals surface area contributed by atoms with Crippen molar-refractivity contribution >= 4 is 5.97 Å². The van der Waals surface area contributed by atoms with Crippen LogP contribution in [0.1, 0.15) is 32.6 Å². The Kier molecular flexibility index (Phi) is 4.40. The molecule has 1 N–H and O–H groups in total. The lowest BCUT2D eigenvalue weighted by Gasteiger charge is -2.32. The molecule has 0 aromatic carbocycles. The van der Waals surface area contributed by atoms with E-state index in [2.05, 4.69) is 24.2 Å². The minimum absolute atomic E-state index is 0.0354. The summed E-state index contributed by atoms with van der Waals surface area (Å²) in [6.07, 6.45) is 4.38. The smallest absolute Gasteiger partial charge is 0.323 e. The van der Waals surface area contributed by atoms with E-state index >= 15 is 0 Å². The van der Waals surface area contributed by atoms with Gasteiger partial charge in [0.15, 0.2) is 0 Å². The van der Waals surface area contributed by atoms with Gasteiger partial charge in [-0.05, 0) is 45.2 Å². The number of likely N-dealkylation sites (tertiary alicyclic amines) is 1. The van der Waals surface area contributed by atoms with E-state index in [1.165, 1.54) is 6.42 Å². The van der Waals surface area contributed by atoms with Crippen LogP contribution >= 0.6 is 0 Å². The third-order valence-electron chi connectivity index (χ3n) is 3.97. The number of hydrogen-bond acceptors (Lipinski definition) is 4. The first-order valence-electron chi connectivity index (χ1n) is 6.79. The number of nitrogens with one attached hydrogen (secondary N) is 1. The van der Waals surface area contributed by atoms with Crippen molar-refractivity contribution in [2.75, 3.05) is 26.7 Å². The zero-order valence-corrected chi connectivity index (χ0v) is 10.9. The fourth-order valence-corrected chi connectivity index (χ4v) is 2.71. The van der Waals surface area contributed by atoms with Crippen molar-refractivity contribution in [3.8, 4) is 0 Å². The molecule has 0 radical (unpaired) electrons. The summed E-state index contributed by atoms with van der Waals surface area (Å²) in [7, 11) is 2.11. The van der Waals surface area contributed by atoms with Crippen molar-refractivity contribution in [2.24, 2.45) is 5.92 Å². The van der Waals surface area contributed by atoms with Crippen LogP contribution in [-0.4, -0.2) is 49.7 Å². The molecule has 0 aromatic rings. The van der Waals surface area contributed by atoms with E-state index in [0.717, 1.165) is 38.9 Å². The zero-order chi connectivity index (χ0) is 12.3. The van der Waals surface area contributed by atoms with Crippen molar-refractivity contribution in [2.45, 2.75) is 44.8 Å². The van der Waals surface area contributed by atoms with Crippen molar-refractivity contribution in [3.05, 3.63) is 0 Å². The molecule has 4 heteroatoms. The molecule has 0 aromatic heterocycles. The fraction of sp³-hybridized carbons (Fsp3) is 0.923. The van der Waals surface area contributed by atoms with E-state index in [1.807, 2.05) is 0 Å². The molecule has 98 valence electrons. The van der Waals surface area contributed by atoms with Gasteiger partial charge in [0.1, 0.15) is 12.1 Å². The lowest BCUT2D eigenvalue weighted by molar-refractivity contribution is -0.155. The molecule has 2 heterocycles. The third kappa shape index (κ3) is 3.42. The second kappa shape index (κ2) is 5.83. The van der Waals surface area contributed by atoms with E-state index in [-0.39, 0.29) is 18.1 Å². The number of piperidine rings is 2. The van der Waals surface area contributed by atoms with E-state index < -0.39 is 0 Å². The molecule has 0 spiro atoms. The van der Waals surface area contributed by atoms with E-state index in [9.17, 15) is 4.79 Å². The molecule has 2 fully saturated rings. The maximum atomic E-state index is 12.1. The summed E-state index contributed by atoms with van der Waals surface area (Å²) in [5.74, 6) is 0.370. The van der Waals surface area contributed by atoms with Gasteiger partial charge in [0.05, 0.1) is 0 Å². The molecule has 0 saturated carbocycles. The third-order valence-corrected chi connectivity index (χ3v) is 3.97. The summed E-state index contributed by atoms with van der Waals surface area (Å²) in [6.45, 7) is 5.14. The summed E-state index contributed by atoms with van der Waals surface area (Å²) in [6, 6.07) is -0.0802. The van der Waals surface area contributed by atoms with E-state index in [4.69, 9.17) is 4.74 Å². The van der Waals surface area contributed by atoms with Crippen molar-refractivity contribution in [1.29, 1.82) is 0 Å². The minimum Gasteiger partial charge on any atom is -0.461 e. The molecular formula is C13H24N2O2. The Morgan fingerprint density at radius 2 is 2.00 bits per heavy atom.